The van der Waals surface area contributed by atoms with Crippen LogP contribution in [-0.2, 0) is 42.7 Å². The third kappa shape index (κ3) is 9.27. The monoisotopic (exact) mass is 731 g/mol. The third-order valence-electron chi connectivity index (χ3n) is 9.19. The number of rotatable bonds is 13. The van der Waals surface area contributed by atoms with Gasteiger partial charge in [0.05, 0.1) is 50.8 Å². The highest BCUT2D eigenvalue weighted by molar-refractivity contribution is 5.73. The van der Waals surface area contributed by atoms with Crippen LogP contribution in [-0.4, -0.2) is 206 Å². The molecule has 4 heterocycles. The molecule has 0 bridgehead atoms. The Bertz CT molecular complexity index is 1060. The van der Waals surface area contributed by atoms with Gasteiger partial charge in [0.15, 0.2) is 18.9 Å². The molecule has 20 nitrogen and oxygen atoms in total. The van der Waals surface area contributed by atoms with Crippen LogP contribution in [0, 0.1) is 0 Å². The van der Waals surface area contributed by atoms with Crippen LogP contribution in [0.2, 0.25) is 0 Å². The van der Waals surface area contributed by atoms with E-state index < -0.39 is 155 Å². The van der Waals surface area contributed by atoms with Gasteiger partial charge in [-0.25, -0.2) is 0 Å². The zero-order chi connectivity index (χ0) is 37.0. The molecule has 292 valence electrons. The first kappa shape index (κ1) is 41.5. The standard InChI is InChI=1S/C30H53NO19/c1-10(2)43-26-20(38)16(7-33)47-30(23(26)41)49-25-18(9-35)48-28(19(22(25)40)31-12(4)36)50-27-21(39)17(8-34)46-29(24(27)42)45-14-5-13(37)11(3)44-15(14)6-32/h10-11,13-30,32-35,37-42H,5-9H2,1-4H3,(H,31,36)/t11?,13?,14-,15?,16?,17?,18?,19?,20-,21-,22+,23?,24?,25+,26-,27-,28-,29+,30-/m0/s1. The first-order chi connectivity index (χ1) is 23.6. The Balaban J connectivity index is 1.55. The molecule has 0 aliphatic carbocycles. The van der Waals surface area contributed by atoms with E-state index in [1.54, 1.807) is 20.8 Å². The summed E-state index contributed by atoms with van der Waals surface area (Å²) >= 11 is 0. The molecule has 0 aromatic heterocycles. The zero-order valence-corrected chi connectivity index (χ0v) is 28.2. The quantitative estimate of drug-likeness (QED) is 0.0840. The largest absolute Gasteiger partial charge is 0.394 e. The minimum Gasteiger partial charge on any atom is -0.394 e. The van der Waals surface area contributed by atoms with Crippen molar-refractivity contribution >= 4 is 5.91 Å². The molecule has 20 heteroatoms. The summed E-state index contributed by atoms with van der Waals surface area (Å²) in [6.07, 6.45) is -26.0. The summed E-state index contributed by atoms with van der Waals surface area (Å²) in [6.45, 7) is 3.25. The molecule has 11 N–H and O–H groups in total. The SMILES string of the molecule is CC(=O)NC1[C@H](O[C@@H]2C(O)[C@H](O[C@H]3CC(O)C(C)OC3CO)OC(CO)[C@@H]2O)OC(CO)[C@@H](O[C@@H]2OC(CO)[C@H](O)[C@H](OC(C)C)C2O)[C@@H]1O. The molecule has 0 aromatic rings. The van der Waals surface area contributed by atoms with Crippen molar-refractivity contribution in [2.24, 2.45) is 0 Å². The Morgan fingerprint density at radius 1 is 0.660 bits per heavy atom. The molecule has 0 aromatic carbocycles. The number of carbonyl (C=O) groups is 1. The number of amides is 1. The van der Waals surface area contributed by atoms with Gasteiger partial charge in [-0.1, -0.05) is 0 Å². The van der Waals surface area contributed by atoms with Gasteiger partial charge in [-0.2, -0.15) is 0 Å². The molecule has 4 fully saturated rings. The number of ether oxygens (including phenoxy) is 8. The minimum absolute atomic E-state index is 0.0132. The lowest BCUT2D eigenvalue weighted by atomic mass is 9.94. The van der Waals surface area contributed by atoms with E-state index in [9.17, 15) is 55.9 Å². The maximum absolute atomic E-state index is 12.3. The number of aliphatic hydroxyl groups excluding tert-OH is 10. The average molecular weight is 732 g/mol. The number of hydrogen-bond acceptors (Lipinski definition) is 19. The van der Waals surface area contributed by atoms with Gasteiger partial charge in [0, 0.05) is 13.3 Å². The summed E-state index contributed by atoms with van der Waals surface area (Å²) in [7, 11) is 0. The number of aliphatic hydroxyl groups is 10. The Hall–Kier alpha value is -1.25. The molecule has 4 aliphatic rings. The van der Waals surface area contributed by atoms with Gasteiger partial charge in [0.2, 0.25) is 5.91 Å². The lowest BCUT2D eigenvalue weighted by molar-refractivity contribution is -0.374. The van der Waals surface area contributed by atoms with Gasteiger partial charge >= 0.3 is 0 Å². The molecule has 4 rings (SSSR count). The zero-order valence-electron chi connectivity index (χ0n) is 28.2. The van der Waals surface area contributed by atoms with Crippen LogP contribution in [0.3, 0.4) is 0 Å². The topological polar surface area (TPSA) is 305 Å². The first-order valence-corrected chi connectivity index (χ1v) is 16.7. The molecular weight excluding hydrogens is 678 g/mol. The van der Waals surface area contributed by atoms with Crippen molar-refractivity contribution in [2.45, 2.75) is 157 Å². The fourth-order valence-corrected chi connectivity index (χ4v) is 6.53. The summed E-state index contributed by atoms with van der Waals surface area (Å²) in [6, 6.07) is -1.51. The van der Waals surface area contributed by atoms with Crippen LogP contribution in [0.4, 0.5) is 0 Å². The summed E-state index contributed by atoms with van der Waals surface area (Å²) in [5.41, 5.74) is 0. The second kappa shape index (κ2) is 18.2. The normalized spacial score (nSPS) is 47.3. The predicted molar refractivity (Wildman–Crippen MR) is 162 cm³/mol. The van der Waals surface area contributed by atoms with Crippen LogP contribution in [0.25, 0.3) is 0 Å². The summed E-state index contributed by atoms with van der Waals surface area (Å²) in [5, 5.41) is 108. The van der Waals surface area contributed by atoms with E-state index in [2.05, 4.69) is 5.32 Å². The lowest BCUT2D eigenvalue weighted by Gasteiger charge is -2.50. The number of nitrogens with one attached hydrogen (secondary N) is 1. The van der Waals surface area contributed by atoms with E-state index >= 15 is 0 Å². The molecule has 9 unspecified atom stereocenters. The lowest BCUT2D eigenvalue weighted by Crippen LogP contribution is -2.69. The number of carbonyl (C=O) groups excluding carboxylic acids is 1. The minimum atomic E-state index is -1.82. The van der Waals surface area contributed by atoms with Gasteiger partial charge in [-0.15, -0.1) is 0 Å². The van der Waals surface area contributed by atoms with Gasteiger partial charge in [-0.05, 0) is 20.8 Å². The van der Waals surface area contributed by atoms with Crippen molar-refractivity contribution in [3.8, 4) is 0 Å². The van der Waals surface area contributed by atoms with Crippen LogP contribution in [0.5, 0.6) is 0 Å². The van der Waals surface area contributed by atoms with Gasteiger partial charge in [-0.3, -0.25) is 4.79 Å². The maximum atomic E-state index is 12.3. The molecule has 0 saturated carbocycles. The highest BCUT2D eigenvalue weighted by Gasteiger charge is 2.55. The Morgan fingerprint density at radius 2 is 1.16 bits per heavy atom. The van der Waals surface area contributed by atoms with Gasteiger partial charge in [0.25, 0.3) is 0 Å². The van der Waals surface area contributed by atoms with E-state index in [0.717, 1.165) is 6.92 Å². The molecule has 4 saturated heterocycles. The molecular formula is C30H53NO19. The average Bonchev–Trinajstić information content (AvgIpc) is 3.07. The van der Waals surface area contributed by atoms with Crippen LogP contribution < -0.4 is 5.32 Å². The van der Waals surface area contributed by atoms with Crippen LogP contribution in [0.1, 0.15) is 34.1 Å². The van der Waals surface area contributed by atoms with Crippen molar-refractivity contribution in [1.82, 2.24) is 5.32 Å². The molecule has 50 heavy (non-hydrogen) atoms. The van der Waals surface area contributed by atoms with Crippen molar-refractivity contribution in [1.29, 1.82) is 0 Å². The maximum Gasteiger partial charge on any atom is 0.217 e. The van der Waals surface area contributed by atoms with E-state index in [4.69, 9.17) is 37.9 Å². The fraction of sp³-hybridized carbons (Fsp3) is 0.967. The molecule has 19 atom stereocenters. The molecule has 4 aliphatic heterocycles. The smallest absolute Gasteiger partial charge is 0.217 e. The highest BCUT2D eigenvalue weighted by atomic mass is 16.8. The molecule has 1 amide bonds. The van der Waals surface area contributed by atoms with E-state index in [-0.39, 0.29) is 6.42 Å². The summed E-state index contributed by atoms with van der Waals surface area (Å²) in [5.74, 6) is -0.682. The van der Waals surface area contributed by atoms with Gasteiger partial charge < -0.3 is 94.3 Å². The highest BCUT2D eigenvalue weighted by Crippen LogP contribution is 2.34. The van der Waals surface area contributed by atoms with Crippen molar-refractivity contribution in [3.63, 3.8) is 0 Å². The second-order valence-electron chi connectivity index (χ2n) is 13.2. The molecule has 0 radical (unpaired) electrons. The Labute approximate surface area is 288 Å². The molecule has 0 spiro atoms. The Kier molecular flexibility index (Phi) is 15.1. The number of hydrogen-bond donors (Lipinski definition) is 11. The third-order valence-corrected chi connectivity index (χ3v) is 9.19. The fourth-order valence-electron chi connectivity index (χ4n) is 6.53. The first-order valence-electron chi connectivity index (χ1n) is 16.7. The van der Waals surface area contributed by atoms with E-state index in [0.29, 0.717) is 0 Å². The van der Waals surface area contributed by atoms with Crippen molar-refractivity contribution in [2.75, 3.05) is 26.4 Å². The van der Waals surface area contributed by atoms with Crippen molar-refractivity contribution in [3.05, 3.63) is 0 Å². The van der Waals surface area contributed by atoms with Gasteiger partial charge in [0.1, 0.15) is 79.3 Å². The van der Waals surface area contributed by atoms with Crippen molar-refractivity contribution < 1.29 is 93.8 Å². The predicted octanol–water partition coefficient (Wildman–Crippen LogP) is -6.07. The van der Waals surface area contributed by atoms with Crippen LogP contribution >= 0.6 is 0 Å². The van der Waals surface area contributed by atoms with E-state index in [1.807, 2.05) is 0 Å². The Morgan fingerprint density at radius 3 is 1.70 bits per heavy atom. The van der Waals surface area contributed by atoms with E-state index in [1.165, 1.54) is 0 Å². The van der Waals surface area contributed by atoms with Crippen LogP contribution in [0.15, 0.2) is 0 Å². The summed E-state index contributed by atoms with van der Waals surface area (Å²) < 4.78 is 46.0. The summed E-state index contributed by atoms with van der Waals surface area (Å²) in [4.78, 5) is 12.3. The second-order valence-corrected chi connectivity index (χ2v) is 13.2.